The molecule has 0 bridgehead atoms. The normalized spacial score (nSPS) is 15.6. The number of carboxylic acids is 1. The molecule has 6 nitrogen and oxygen atoms in total. The van der Waals surface area contributed by atoms with Crippen LogP contribution in [0.5, 0.6) is 11.5 Å². The van der Waals surface area contributed by atoms with Crippen molar-refractivity contribution in [3.63, 3.8) is 0 Å². The zero-order chi connectivity index (χ0) is 16.3. The van der Waals surface area contributed by atoms with Gasteiger partial charge in [-0.15, -0.1) is 0 Å². The number of ether oxygens (including phenoxy) is 2. The molecule has 0 spiro atoms. The highest BCUT2D eigenvalue weighted by molar-refractivity contribution is 9.10. The number of halogens is 1. The molecule has 0 saturated heterocycles. The third-order valence-electron chi connectivity index (χ3n) is 4.01. The van der Waals surface area contributed by atoms with Crippen LogP contribution in [0.4, 0.5) is 5.69 Å². The SMILES string of the molecule is COc1cc(OC)c(NC(=O)CC2(C(=O)O)CCC2)cc1Br. The third-order valence-corrected chi connectivity index (χ3v) is 4.63. The first-order chi connectivity index (χ1) is 10.4. The summed E-state index contributed by atoms with van der Waals surface area (Å²) < 4.78 is 11.1. The molecule has 0 aromatic heterocycles. The Balaban J connectivity index is 2.14. The Kier molecular flexibility index (Phi) is 4.95. The fourth-order valence-electron chi connectivity index (χ4n) is 2.53. The lowest BCUT2D eigenvalue weighted by atomic mass is 9.66. The highest BCUT2D eigenvalue weighted by atomic mass is 79.9. The molecule has 1 aliphatic rings. The molecule has 2 rings (SSSR count). The lowest BCUT2D eigenvalue weighted by Crippen LogP contribution is -2.41. The van der Waals surface area contributed by atoms with Crippen LogP contribution >= 0.6 is 15.9 Å². The molecule has 1 saturated carbocycles. The zero-order valence-corrected chi connectivity index (χ0v) is 14.0. The van der Waals surface area contributed by atoms with Gasteiger partial charge >= 0.3 is 5.97 Å². The first-order valence-electron chi connectivity index (χ1n) is 6.86. The van der Waals surface area contributed by atoms with Gasteiger partial charge < -0.3 is 19.9 Å². The van der Waals surface area contributed by atoms with Crippen LogP contribution in [-0.2, 0) is 9.59 Å². The second-order valence-electron chi connectivity index (χ2n) is 5.35. The zero-order valence-electron chi connectivity index (χ0n) is 12.4. The monoisotopic (exact) mass is 371 g/mol. The van der Waals surface area contributed by atoms with Gasteiger partial charge in [0.2, 0.25) is 5.91 Å². The summed E-state index contributed by atoms with van der Waals surface area (Å²) in [6.07, 6.45) is 1.89. The molecule has 0 unspecified atom stereocenters. The van der Waals surface area contributed by atoms with Crippen molar-refractivity contribution in [2.75, 3.05) is 19.5 Å². The fraction of sp³-hybridized carbons (Fsp3) is 0.467. The minimum absolute atomic E-state index is 0.0326. The van der Waals surface area contributed by atoms with Crippen molar-refractivity contribution < 1.29 is 24.2 Å². The molecule has 22 heavy (non-hydrogen) atoms. The maximum atomic E-state index is 12.2. The van der Waals surface area contributed by atoms with Crippen molar-refractivity contribution in [3.8, 4) is 11.5 Å². The predicted octanol–water partition coefficient (Wildman–Crippen LogP) is 3.05. The van der Waals surface area contributed by atoms with E-state index in [9.17, 15) is 14.7 Å². The van der Waals surface area contributed by atoms with Crippen molar-refractivity contribution >= 4 is 33.5 Å². The number of carbonyl (C=O) groups is 2. The van der Waals surface area contributed by atoms with Gasteiger partial charge in [-0.3, -0.25) is 9.59 Å². The van der Waals surface area contributed by atoms with Crippen LogP contribution in [0.25, 0.3) is 0 Å². The standard InChI is InChI=1S/C15H18BrNO5/c1-21-11-7-12(22-2)10(6-9(11)16)17-13(18)8-15(14(19)20)4-3-5-15/h6-7H,3-5,8H2,1-2H3,(H,17,18)(H,19,20). The topological polar surface area (TPSA) is 84.9 Å². The average molecular weight is 372 g/mol. The molecular formula is C15H18BrNO5. The first kappa shape index (κ1) is 16.6. The van der Waals surface area contributed by atoms with E-state index in [-0.39, 0.29) is 12.3 Å². The van der Waals surface area contributed by atoms with Gasteiger partial charge in [-0.1, -0.05) is 6.42 Å². The third kappa shape index (κ3) is 3.19. The largest absolute Gasteiger partial charge is 0.495 e. The van der Waals surface area contributed by atoms with E-state index in [0.717, 1.165) is 6.42 Å². The van der Waals surface area contributed by atoms with Crippen LogP contribution in [0, 0.1) is 5.41 Å². The number of aliphatic carboxylic acids is 1. The van der Waals surface area contributed by atoms with Gasteiger partial charge in [-0.05, 0) is 34.8 Å². The first-order valence-corrected chi connectivity index (χ1v) is 7.66. The smallest absolute Gasteiger partial charge is 0.310 e. The highest BCUT2D eigenvalue weighted by Gasteiger charge is 2.45. The average Bonchev–Trinajstić information content (AvgIpc) is 2.42. The Morgan fingerprint density at radius 1 is 1.27 bits per heavy atom. The van der Waals surface area contributed by atoms with Crippen LogP contribution in [-0.4, -0.2) is 31.2 Å². The number of nitrogens with one attached hydrogen (secondary N) is 1. The van der Waals surface area contributed by atoms with E-state index >= 15 is 0 Å². The van der Waals surface area contributed by atoms with E-state index < -0.39 is 11.4 Å². The molecule has 120 valence electrons. The molecule has 1 aromatic rings. The van der Waals surface area contributed by atoms with Gasteiger partial charge in [0, 0.05) is 12.5 Å². The lowest BCUT2D eigenvalue weighted by Gasteiger charge is -2.36. The lowest BCUT2D eigenvalue weighted by molar-refractivity contribution is -0.157. The molecule has 7 heteroatoms. The molecule has 0 heterocycles. The molecule has 1 aliphatic carbocycles. The Bertz CT molecular complexity index is 598. The van der Waals surface area contributed by atoms with Crippen LogP contribution in [0.2, 0.25) is 0 Å². The van der Waals surface area contributed by atoms with Crippen LogP contribution in [0.1, 0.15) is 25.7 Å². The van der Waals surface area contributed by atoms with E-state index in [4.69, 9.17) is 9.47 Å². The summed E-state index contributed by atoms with van der Waals surface area (Å²) in [7, 11) is 3.02. The van der Waals surface area contributed by atoms with Gasteiger partial charge in [0.15, 0.2) is 0 Å². The molecule has 1 fully saturated rings. The fourth-order valence-corrected chi connectivity index (χ4v) is 3.03. The number of hydrogen-bond donors (Lipinski definition) is 2. The summed E-state index contributed by atoms with van der Waals surface area (Å²) in [6.45, 7) is 0. The minimum atomic E-state index is -0.916. The highest BCUT2D eigenvalue weighted by Crippen LogP contribution is 2.44. The quantitative estimate of drug-likeness (QED) is 0.802. The summed E-state index contributed by atoms with van der Waals surface area (Å²) in [5.74, 6) is -0.212. The summed E-state index contributed by atoms with van der Waals surface area (Å²) in [5, 5.41) is 12.0. The molecular weight excluding hydrogens is 354 g/mol. The second kappa shape index (κ2) is 6.56. The van der Waals surface area contributed by atoms with Crippen molar-refractivity contribution in [3.05, 3.63) is 16.6 Å². The van der Waals surface area contributed by atoms with Gasteiger partial charge in [0.05, 0.1) is 29.8 Å². The van der Waals surface area contributed by atoms with Crippen LogP contribution in [0.15, 0.2) is 16.6 Å². The second-order valence-corrected chi connectivity index (χ2v) is 6.21. The van der Waals surface area contributed by atoms with E-state index in [2.05, 4.69) is 21.2 Å². The van der Waals surface area contributed by atoms with E-state index in [1.807, 2.05) is 0 Å². The molecule has 0 aliphatic heterocycles. The Morgan fingerprint density at radius 2 is 1.91 bits per heavy atom. The number of carbonyl (C=O) groups excluding carboxylic acids is 1. The van der Waals surface area contributed by atoms with Gasteiger partial charge in [0.1, 0.15) is 11.5 Å². The van der Waals surface area contributed by atoms with Crippen molar-refractivity contribution in [1.82, 2.24) is 0 Å². The number of rotatable bonds is 6. The number of benzene rings is 1. The molecule has 0 atom stereocenters. The Hall–Kier alpha value is -1.76. The summed E-state index contributed by atoms with van der Waals surface area (Å²) in [6, 6.07) is 3.32. The number of anilines is 1. The number of carboxylic acid groups (broad SMARTS) is 1. The summed E-state index contributed by atoms with van der Waals surface area (Å²) >= 11 is 3.34. The van der Waals surface area contributed by atoms with Crippen LogP contribution < -0.4 is 14.8 Å². The van der Waals surface area contributed by atoms with E-state index in [1.54, 1.807) is 12.1 Å². The predicted molar refractivity (Wildman–Crippen MR) is 84.4 cm³/mol. The summed E-state index contributed by atoms with van der Waals surface area (Å²) in [4.78, 5) is 23.5. The molecule has 1 aromatic carbocycles. The van der Waals surface area contributed by atoms with Gasteiger partial charge in [-0.25, -0.2) is 0 Å². The van der Waals surface area contributed by atoms with Crippen molar-refractivity contribution in [2.45, 2.75) is 25.7 Å². The summed E-state index contributed by atoms with van der Waals surface area (Å²) in [5.41, 5.74) is -0.443. The van der Waals surface area contributed by atoms with Gasteiger partial charge in [0.25, 0.3) is 0 Å². The van der Waals surface area contributed by atoms with Crippen molar-refractivity contribution in [1.29, 1.82) is 0 Å². The maximum Gasteiger partial charge on any atom is 0.310 e. The molecule has 0 radical (unpaired) electrons. The van der Waals surface area contributed by atoms with E-state index in [0.29, 0.717) is 34.5 Å². The minimum Gasteiger partial charge on any atom is -0.495 e. The number of hydrogen-bond acceptors (Lipinski definition) is 4. The molecule has 1 amide bonds. The van der Waals surface area contributed by atoms with E-state index in [1.165, 1.54) is 14.2 Å². The Labute approximate surface area is 136 Å². The maximum absolute atomic E-state index is 12.2. The van der Waals surface area contributed by atoms with Gasteiger partial charge in [-0.2, -0.15) is 0 Å². The van der Waals surface area contributed by atoms with Crippen LogP contribution in [0.3, 0.4) is 0 Å². The Morgan fingerprint density at radius 3 is 2.36 bits per heavy atom. The van der Waals surface area contributed by atoms with Crippen molar-refractivity contribution in [2.24, 2.45) is 5.41 Å². The molecule has 2 N–H and O–H groups in total. The number of amides is 1. The number of methoxy groups -OCH3 is 2.